The van der Waals surface area contributed by atoms with E-state index in [1.165, 1.54) is 23.9 Å². The zero-order chi connectivity index (χ0) is 21.9. The lowest BCUT2D eigenvalue weighted by atomic mass is 10.2. The number of carbonyl (C=O) groups excluding carboxylic acids is 1. The number of halogens is 1. The number of carbonyl (C=O) groups is 1. The molecule has 0 radical (unpaired) electrons. The molecule has 0 saturated heterocycles. The fourth-order valence-corrected chi connectivity index (χ4v) is 4.13. The molecule has 3 rings (SSSR count). The van der Waals surface area contributed by atoms with Crippen LogP contribution in [0.25, 0.3) is 0 Å². The lowest BCUT2D eigenvalue weighted by Gasteiger charge is -2.06. The maximum atomic E-state index is 12.4. The van der Waals surface area contributed by atoms with Crippen molar-refractivity contribution in [2.24, 2.45) is 0 Å². The van der Waals surface area contributed by atoms with Crippen LogP contribution in [0.4, 0.5) is 17.2 Å². The van der Waals surface area contributed by atoms with E-state index in [0.717, 1.165) is 22.1 Å². The average Bonchev–Trinajstić information content (AvgIpc) is 3.07. The highest BCUT2D eigenvalue weighted by molar-refractivity contribution is 7.99. The van der Waals surface area contributed by atoms with Gasteiger partial charge in [-0.25, -0.2) is 8.42 Å². The first kappa shape index (κ1) is 21.7. The maximum Gasteiger partial charge on any atom is 0.270 e. The Morgan fingerprint density at radius 2 is 1.93 bits per heavy atom. The Kier molecular flexibility index (Phi) is 6.34. The van der Waals surface area contributed by atoms with E-state index in [1.54, 1.807) is 30.5 Å². The third-order valence-corrected chi connectivity index (χ3v) is 5.58. The number of hydrogen-bond donors (Lipinski definition) is 3. The second-order valence-electron chi connectivity index (χ2n) is 6.13. The average molecular weight is 467 g/mol. The van der Waals surface area contributed by atoms with Gasteiger partial charge in [0.1, 0.15) is 5.82 Å². The predicted octanol–water partition coefficient (Wildman–Crippen LogP) is 4.35. The first-order chi connectivity index (χ1) is 14.1. The van der Waals surface area contributed by atoms with E-state index in [0.29, 0.717) is 11.5 Å². The van der Waals surface area contributed by atoms with Crippen molar-refractivity contribution in [3.63, 3.8) is 0 Å². The number of aromatic nitrogens is 1. The van der Waals surface area contributed by atoms with Gasteiger partial charge in [0, 0.05) is 33.8 Å². The predicted molar refractivity (Wildman–Crippen MR) is 116 cm³/mol. The van der Waals surface area contributed by atoms with Gasteiger partial charge >= 0.3 is 0 Å². The minimum Gasteiger partial charge on any atom is -0.347 e. The highest BCUT2D eigenvalue weighted by atomic mass is 35.5. The number of amides is 1. The minimum atomic E-state index is -3.38. The number of nitrogens with zero attached hydrogens (tertiary/aromatic N) is 1. The van der Waals surface area contributed by atoms with Gasteiger partial charge in [-0.05, 0) is 30.3 Å². The summed E-state index contributed by atoms with van der Waals surface area (Å²) in [5, 5.41) is 13.6. The molecule has 1 heterocycles. The van der Waals surface area contributed by atoms with Crippen LogP contribution in [0, 0.1) is 10.1 Å². The van der Waals surface area contributed by atoms with Gasteiger partial charge in [0.15, 0.2) is 0 Å². The third kappa shape index (κ3) is 5.75. The molecule has 0 bridgehead atoms. The van der Waals surface area contributed by atoms with Crippen molar-refractivity contribution in [1.82, 2.24) is 4.98 Å². The van der Waals surface area contributed by atoms with Gasteiger partial charge < -0.3 is 10.3 Å². The van der Waals surface area contributed by atoms with Gasteiger partial charge in [0.05, 0.1) is 21.8 Å². The molecule has 0 spiro atoms. The molecule has 3 N–H and O–H groups in total. The van der Waals surface area contributed by atoms with Gasteiger partial charge in [0.2, 0.25) is 10.0 Å². The highest BCUT2D eigenvalue weighted by Crippen LogP contribution is 2.31. The molecule has 0 fully saturated rings. The number of hydrogen-bond acceptors (Lipinski definition) is 6. The highest BCUT2D eigenvalue weighted by Gasteiger charge is 2.16. The quantitative estimate of drug-likeness (QED) is 0.350. The number of non-ortho nitro benzene ring substituents is 1. The largest absolute Gasteiger partial charge is 0.347 e. The summed E-state index contributed by atoms with van der Waals surface area (Å²) in [6, 6.07) is 12.1. The second kappa shape index (κ2) is 8.78. The van der Waals surface area contributed by atoms with Crippen LogP contribution in [0.2, 0.25) is 5.02 Å². The molecule has 1 amide bonds. The first-order valence-electron chi connectivity index (χ1n) is 8.30. The number of nitro groups is 1. The minimum absolute atomic E-state index is 0.0192. The molecule has 12 heteroatoms. The summed E-state index contributed by atoms with van der Waals surface area (Å²) in [4.78, 5) is 27.2. The van der Waals surface area contributed by atoms with Crippen LogP contribution < -0.4 is 10.0 Å². The first-order valence-corrected chi connectivity index (χ1v) is 11.4. The van der Waals surface area contributed by atoms with E-state index in [-0.39, 0.29) is 16.3 Å². The fraction of sp³-hybridized carbons (Fsp3) is 0.0556. The van der Waals surface area contributed by atoms with E-state index in [2.05, 4.69) is 15.0 Å². The number of nitrogens with one attached hydrogen (secondary N) is 3. The van der Waals surface area contributed by atoms with Crippen molar-refractivity contribution < 1.29 is 18.1 Å². The van der Waals surface area contributed by atoms with Crippen molar-refractivity contribution in [2.45, 2.75) is 9.79 Å². The molecule has 30 heavy (non-hydrogen) atoms. The molecule has 2 aromatic carbocycles. The Bertz CT molecular complexity index is 1230. The molecule has 1 aromatic heterocycles. The normalized spacial score (nSPS) is 11.1. The molecule has 0 unspecified atom stereocenters. The summed E-state index contributed by atoms with van der Waals surface area (Å²) in [7, 11) is -3.38. The van der Waals surface area contributed by atoms with Crippen LogP contribution in [-0.2, 0) is 10.0 Å². The van der Waals surface area contributed by atoms with E-state index in [1.807, 2.05) is 6.07 Å². The molecular formula is C18H15ClN4O5S2. The summed E-state index contributed by atoms with van der Waals surface area (Å²) in [5.41, 5.74) is 0.177. The van der Waals surface area contributed by atoms with Gasteiger partial charge in [0.25, 0.3) is 11.6 Å². The third-order valence-electron chi connectivity index (χ3n) is 3.68. The molecule has 9 nitrogen and oxygen atoms in total. The van der Waals surface area contributed by atoms with Crippen LogP contribution >= 0.6 is 23.4 Å². The van der Waals surface area contributed by atoms with Crippen LogP contribution in [0.1, 0.15) is 10.4 Å². The van der Waals surface area contributed by atoms with Crippen molar-refractivity contribution >= 4 is 56.5 Å². The molecule has 0 aliphatic heterocycles. The van der Waals surface area contributed by atoms with E-state index in [9.17, 15) is 23.3 Å². The monoisotopic (exact) mass is 466 g/mol. The Hall–Kier alpha value is -3.02. The van der Waals surface area contributed by atoms with E-state index >= 15 is 0 Å². The fourth-order valence-electron chi connectivity index (χ4n) is 2.47. The van der Waals surface area contributed by atoms with Crippen molar-refractivity contribution in [2.75, 3.05) is 16.3 Å². The molecule has 0 aliphatic carbocycles. The standard InChI is InChI=1S/C18H15ClN4O5S2/c1-30(27,28)22-11-3-2-4-13(7-11)29-14-9-17(20-10-14)21-18(24)15-8-12(23(25)26)5-6-16(15)19/h2-10,20,22H,1H3,(H,21,24). The van der Waals surface area contributed by atoms with E-state index in [4.69, 9.17) is 11.6 Å². The zero-order valence-electron chi connectivity index (χ0n) is 15.4. The Morgan fingerprint density at radius 3 is 2.63 bits per heavy atom. The lowest BCUT2D eigenvalue weighted by molar-refractivity contribution is -0.384. The Morgan fingerprint density at radius 1 is 1.17 bits per heavy atom. The molecule has 156 valence electrons. The number of sulfonamides is 1. The SMILES string of the molecule is CS(=O)(=O)Nc1cccc(Sc2c[nH]c(NC(=O)c3cc([N+](=O)[O-])ccc3Cl)c2)c1. The summed E-state index contributed by atoms with van der Waals surface area (Å²) >= 11 is 7.34. The Labute approximate surface area is 181 Å². The molecular weight excluding hydrogens is 452 g/mol. The van der Waals surface area contributed by atoms with Crippen LogP contribution in [0.15, 0.2) is 64.5 Å². The number of rotatable bonds is 7. The van der Waals surface area contributed by atoms with Crippen LogP contribution in [0.5, 0.6) is 0 Å². The molecule has 0 saturated carbocycles. The molecule has 0 atom stereocenters. The van der Waals surface area contributed by atoms with Crippen molar-refractivity contribution in [3.8, 4) is 0 Å². The second-order valence-corrected chi connectivity index (χ2v) is 9.43. The summed E-state index contributed by atoms with van der Waals surface area (Å²) in [6.07, 6.45) is 2.73. The number of benzene rings is 2. The Balaban J connectivity index is 1.72. The van der Waals surface area contributed by atoms with Crippen LogP contribution in [-0.4, -0.2) is 30.5 Å². The topological polar surface area (TPSA) is 134 Å². The van der Waals surface area contributed by atoms with Crippen LogP contribution in [0.3, 0.4) is 0 Å². The number of anilines is 2. The summed E-state index contributed by atoms with van der Waals surface area (Å²) in [5.74, 6) is -0.225. The van der Waals surface area contributed by atoms with Crippen molar-refractivity contribution in [1.29, 1.82) is 0 Å². The van der Waals surface area contributed by atoms with Gasteiger partial charge in [-0.2, -0.15) is 0 Å². The van der Waals surface area contributed by atoms with Crippen molar-refractivity contribution in [3.05, 3.63) is 75.4 Å². The van der Waals surface area contributed by atoms with E-state index < -0.39 is 20.9 Å². The smallest absolute Gasteiger partial charge is 0.270 e. The number of aromatic amines is 1. The lowest BCUT2D eigenvalue weighted by Crippen LogP contribution is -2.13. The summed E-state index contributed by atoms with van der Waals surface area (Å²) < 4.78 is 25.1. The molecule has 3 aromatic rings. The number of nitro benzene ring substituents is 1. The zero-order valence-corrected chi connectivity index (χ0v) is 17.8. The molecule has 0 aliphatic rings. The van der Waals surface area contributed by atoms with Gasteiger partial charge in [-0.15, -0.1) is 0 Å². The summed E-state index contributed by atoms with van der Waals surface area (Å²) in [6.45, 7) is 0. The van der Waals surface area contributed by atoms with Gasteiger partial charge in [-0.3, -0.25) is 19.6 Å². The number of H-pyrrole nitrogens is 1. The maximum absolute atomic E-state index is 12.4. The van der Waals surface area contributed by atoms with Gasteiger partial charge in [-0.1, -0.05) is 29.4 Å².